The number of aromatic nitrogens is 1. The van der Waals surface area contributed by atoms with Crippen molar-refractivity contribution in [2.75, 3.05) is 14.1 Å². The van der Waals surface area contributed by atoms with Gasteiger partial charge in [-0.25, -0.2) is 0 Å². The van der Waals surface area contributed by atoms with Gasteiger partial charge in [0.2, 0.25) is 0 Å². The van der Waals surface area contributed by atoms with Crippen LogP contribution in [-0.2, 0) is 4.74 Å². The lowest BCUT2D eigenvalue weighted by Crippen LogP contribution is -2.61. The molecule has 8 atom stereocenters. The van der Waals surface area contributed by atoms with Crippen molar-refractivity contribution in [1.82, 2.24) is 9.88 Å². The first-order valence-corrected chi connectivity index (χ1v) is 13.3. The van der Waals surface area contributed by atoms with Crippen LogP contribution in [-0.4, -0.2) is 63.6 Å². The van der Waals surface area contributed by atoms with Crippen LogP contribution >= 0.6 is 0 Å². The highest BCUT2D eigenvalue weighted by molar-refractivity contribution is 5.85. The van der Waals surface area contributed by atoms with Crippen LogP contribution in [0.4, 0.5) is 0 Å². The Bertz CT molecular complexity index is 1260. The third-order valence-corrected chi connectivity index (χ3v) is 10.6. The Balaban J connectivity index is 1.32. The molecule has 2 aromatic rings. The standard InChI is InChI=1S/C30H36N2O3/c1-28-11-9-19-15-23-26(33)27(34)24(32(2)3)16-29(23)12-13-30(19,35-29)25(28)8-7-22(28)20-6-4-5-18-10-14-31-17-21(18)20/h4-6,9-10,14-15,17,22,24-27,33-34H,7-8,11-13,16H2,1-3H3/t22-,24+,25-,26-,27-,28-,29-,30-/m1/s1. The van der Waals surface area contributed by atoms with E-state index in [1.54, 1.807) is 0 Å². The van der Waals surface area contributed by atoms with Gasteiger partial charge in [-0.1, -0.05) is 37.3 Å². The second-order valence-electron chi connectivity index (χ2n) is 12.3. The molecule has 35 heavy (non-hydrogen) atoms. The Hall–Kier alpha value is -2.05. The summed E-state index contributed by atoms with van der Waals surface area (Å²) in [6.45, 7) is 2.49. The predicted molar refractivity (Wildman–Crippen MR) is 136 cm³/mol. The summed E-state index contributed by atoms with van der Waals surface area (Å²) in [5, 5.41) is 24.6. The predicted octanol–water partition coefficient (Wildman–Crippen LogP) is 4.35. The zero-order valence-electron chi connectivity index (χ0n) is 20.9. The maximum absolute atomic E-state index is 11.2. The molecule has 0 amide bonds. The van der Waals surface area contributed by atoms with E-state index >= 15 is 0 Å². The van der Waals surface area contributed by atoms with Gasteiger partial charge in [0.1, 0.15) is 6.10 Å². The lowest BCUT2D eigenvalue weighted by molar-refractivity contribution is -0.165. The van der Waals surface area contributed by atoms with Gasteiger partial charge in [0, 0.05) is 23.8 Å². The Morgan fingerprint density at radius 3 is 2.80 bits per heavy atom. The minimum Gasteiger partial charge on any atom is -0.388 e. The Kier molecular flexibility index (Phi) is 4.60. The van der Waals surface area contributed by atoms with E-state index in [1.165, 1.54) is 21.9 Å². The molecule has 2 bridgehead atoms. The van der Waals surface area contributed by atoms with Crippen LogP contribution in [0.15, 0.2) is 60.0 Å². The Morgan fingerprint density at radius 1 is 1.11 bits per heavy atom. The molecule has 2 N–H and O–H groups in total. The van der Waals surface area contributed by atoms with Crippen molar-refractivity contribution in [1.29, 1.82) is 0 Å². The first-order valence-electron chi connectivity index (χ1n) is 13.3. The fraction of sp³-hybridized carbons (Fsp3) is 0.567. The van der Waals surface area contributed by atoms with Crippen LogP contribution < -0.4 is 0 Å². The first kappa shape index (κ1) is 22.2. The lowest BCUT2D eigenvalue weighted by Gasteiger charge is -2.56. The maximum atomic E-state index is 11.2. The summed E-state index contributed by atoms with van der Waals surface area (Å²) >= 11 is 0. The van der Waals surface area contributed by atoms with Crippen LogP contribution in [0.3, 0.4) is 0 Å². The van der Waals surface area contributed by atoms with E-state index in [4.69, 9.17) is 4.74 Å². The summed E-state index contributed by atoms with van der Waals surface area (Å²) in [5.41, 5.74) is 2.94. The quantitative estimate of drug-likeness (QED) is 0.680. The minimum atomic E-state index is -0.874. The van der Waals surface area contributed by atoms with Crippen LogP contribution in [0.2, 0.25) is 0 Å². The number of hydrogen-bond acceptors (Lipinski definition) is 5. The van der Waals surface area contributed by atoms with Gasteiger partial charge in [0.15, 0.2) is 0 Å². The summed E-state index contributed by atoms with van der Waals surface area (Å²) in [4.78, 5) is 6.51. The third-order valence-electron chi connectivity index (χ3n) is 10.6. The van der Waals surface area contributed by atoms with Crippen molar-refractivity contribution in [3.8, 4) is 0 Å². The van der Waals surface area contributed by atoms with E-state index in [0.29, 0.717) is 11.8 Å². The molecule has 1 saturated heterocycles. The molecule has 2 saturated carbocycles. The summed E-state index contributed by atoms with van der Waals surface area (Å²) in [5.74, 6) is 0.900. The molecule has 3 aliphatic carbocycles. The van der Waals surface area contributed by atoms with Gasteiger partial charge in [-0.2, -0.15) is 0 Å². The molecular weight excluding hydrogens is 436 g/mol. The second kappa shape index (κ2) is 7.25. The van der Waals surface area contributed by atoms with Crippen LogP contribution in [0, 0.1) is 11.3 Å². The maximum Gasteiger partial charge on any atom is 0.105 e. The van der Waals surface area contributed by atoms with Crippen molar-refractivity contribution < 1.29 is 14.9 Å². The summed E-state index contributed by atoms with van der Waals surface area (Å²) in [6, 6.07) is 8.71. The smallest absolute Gasteiger partial charge is 0.105 e. The highest BCUT2D eigenvalue weighted by atomic mass is 16.5. The molecule has 2 spiro atoms. The zero-order valence-corrected chi connectivity index (χ0v) is 20.9. The molecule has 1 aromatic carbocycles. The average molecular weight is 473 g/mol. The number of rotatable bonds is 2. The summed E-state index contributed by atoms with van der Waals surface area (Å²) in [7, 11) is 3.98. The third kappa shape index (κ3) is 2.76. The Labute approximate surface area is 207 Å². The molecule has 0 radical (unpaired) electrons. The number of ether oxygens (including phenoxy) is 1. The molecule has 2 aliphatic heterocycles. The number of aliphatic hydroxyl groups is 2. The molecule has 5 aliphatic rings. The molecule has 3 heterocycles. The van der Waals surface area contributed by atoms with E-state index < -0.39 is 17.8 Å². The highest BCUT2D eigenvalue weighted by Gasteiger charge is 2.68. The lowest BCUT2D eigenvalue weighted by atomic mass is 9.57. The van der Waals surface area contributed by atoms with Gasteiger partial charge in [0.25, 0.3) is 0 Å². The van der Waals surface area contributed by atoms with Gasteiger partial charge >= 0.3 is 0 Å². The number of nitrogens with zero attached hydrogens (tertiary/aromatic N) is 2. The normalized spacial score (nSPS) is 44.0. The van der Waals surface area contributed by atoms with Crippen molar-refractivity contribution in [2.24, 2.45) is 11.3 Å². The van der Waals surface area contributed by atoms with Crippen LogP contribution in [0.25, 0.3) is 10.8 Å². The molecule has 5 heteroatoms. The highest BCUT2D eigenvalue weighted by Crippen LogP contribution is 2.69. The van der Waals surface area contributed by atoms with E-state index in [1.807, 2.05) is 31.4 Å². The molecule has 1 aromatic heterocycles. The number of fused-ring (bicyclic) bond motifs is 2. The van der Waals surface area contributed by atoms with Gasteiger partial charge < -0.3 is 19.8 Å². The molecule has 3 fully saturated rings. The first-order chi connectivity index (χ1) is 16.8. The number of benzene rings is 1. The second-order valence-corrected chi connectivity index (χ2v) is 12.3. The number of likely N-dealkylation sites (N-methyl/N-ethyl adjacent to an activating group) is 1. The number of hydrogen-bond donors (Lipinski definition) is 2. The molecular formula is C30H36N2O3. The van der Waals surface area contributed by atoms with Gasteiger partial charge in [-0.15, -0.1) is 0 Å². The van der Waals surface area contributed by atoms with Crippen molar-refractivity contribution >= 4 is 10.8 Å². The van der Waals surface area contributed by atoms with E-state index in [2.05, 4.69) is 48.3 Å². The monoisotopic (exact) mass is 472 g/mol. The zero-order chi connectivity index (χ0) is 24.2. The van der Waals surface area contributed by atoms with Crippen molar-refractivity contribution in [3.63, 3.8) is 0 Å². The Morgan fingerprint density at radius 2 is 1.97 bits per heavy atom. The fourth-order valence-electron chi connectivity index (χ4n) is 8.87. The van der Waals surface area contributed by atoms with Gasteiger partial charge in [0.05, 0.1) is 17.3 Å². The van der Waals surface area contributed by atoms with Gasteiger partial charge in [-0.3, -0.25) is 4.98 Å². The van der Waals surface area contributed by atoms with E-state index in [9.17, 15) is 10.2 Å². The number of pyridine rings is 1. The van der Waals surface area contributed by atoms with Crippen molar-refractivity contribution in [3.05, 3.63) is 65.5 Å². The van der Waals surface area contributed by atoms with Crippen molar-refractivity contribution in [2.45, 2.75) is 80.8 Å². The topological polar surface area (TPSA) is 65.8 Å². The van der Waals surface area contributed by atoms with Gasteiger partial charge in [-0.05, 0) is 98.0 Å². The van der Waals surface area contributed by atoms with E-state index in [-0.39, 0.29) is 17.1 Å². The SMILES string of the molecule is CN(C)[C@H]1C[C@@]23CC[C@@]4(O2)C(=CC[C@]2(C)[C@@H](c5cccc6ccncc56)CC[C@H]24)C=C3[C@@H](O)[C@@H]1O. The summed E-state index contributed by atoms with van der Waals surface area (Å²) < 4.78 is 7.28. The van der Waals surface area contributed by atoms with Crippen LogP contribution in [0.5, 0.6) is 0 Å². The fourth-order valence-corrected chi connectivity index (χ4v) is 8.87. The van der Waals surface area contributed by atoms with E-state index in [0.717, 1.165) is 44.1 Å². The number of aliphatic hydroxyl groups excluding tert-OH is 2. The largest absolute Gasteiger partial charge is 0.388 e. The summed E-state index contributed by atoms with van der Waals surface area (Å²) in [6.07, 6.45) is 12.9. The molecule has 0 unspecified atom stereocenters. The molecule has 5 nitrogen and oxygen atoms in total. The minimum absolute atomic E-state index is 0.109. The molecule has 184 valence electrons. The molecule has 7 rings (SSSR count). The van der Waals surface area contributed by atoms with Crippen LogP contribution in [0.1, 0.15) is 56.9 Å². The average Bonchev–Trinajstić information content (AvgIpc) is 3.37. The number of allylic oxidation sites excluding steroid dienone is 1.